The minimum absolute atomic E-state index is 0.355. The van der Waals surface area contributed by atoms with Gasteiger partial charge in [0, 0.05) is 10.5 Å². The van der Waals surface area contributed by atoms with Crippen LogP contribution in [0.5, 0.6) is 0 Å². The van der Waals surface area contributed by atoms with Crippen LogP contribution in [0.3, 0.4) is 0 Å². The van der Waals surface area contributed by atoms with Gasteiger partial charge in [0.05, 0.1) is 0 Å². The first-order chi connectivity index (χ1) is 7.79. The number of benzene rings is 2. The molecular weight excluding hydrogens is 220 g/mol. The Balaban J connectivity index is 2.28. The van der Waals surface area contributed by atoms with Crippen molar-refractivity contribution >= 4 is 15.9 Å². The molecule has 3 heteroatoms. The number of carbonyl (C=O) groups is 1. The lowest BCUT2D eigenvalue weighted by Crippen LogP contribution is -2.07. The van der Waals surface area contributed by atoms with E-state index in [1.165, 1.54) is 0 Å². The zero-order valence-corrected chi connectivity index (χ0v) is 9.31. The van der Waals surface area contributed by atoms with Crippen LogP contribution in [-0.4, -0.2) is 9.32 Å². The maximum Gasteiger partial charge on any atom is 0.253 e. The van der Waals surface area contributed by atoms with Gasteiger partial charge in [0.1, 0.15) is 10.8 Å². The van der Waals surface area contributed by atoms with E-state index in [0.29, 0.717) is 10.5 Å². The summed E-state index contributed by atoms with van der Waals surface area (Å²) >= 11 is 0. The maximum atomic E-state index is 11.9. The highest BCUT2D eigenvalue weighted by atomic mass is 32.2. The van der Waals surface area contributed by atoms with Crippen molar-refractivity contribution in [3.63, 3.8) is 0 Å². The topological polar surface area (TPSA) is 34.1 Å². The van der Waals surface area contributed by atoms with E-state index in [1.54, 1.807) is 48.5 Å². The molecule has 1 unspecified atom stereocenters. The molecule has 0 radical (unpaired) electrons. The number of hydrogen-bond acceptors (Lipinski definition) is 2. The largest absolute Gasteiger partial charge is 0.278 e. The Morgan fingerprint density at radius 1 is 0.812 bits per heavy atom. The minimum atomic E-state index is -1.62. The first-order valence-electron chi connectivity index (χ1n) is 4.85. The molecule has 0 saturated carbocycles. The molecule has 2 aromatic carbocycles. The molecule has 16 heavy (non-hydrogen) atoms. The summed E-state index contributed by atoms with van der Waals surface area (Å²) in [6.45, 7) is 0. The van der Waals surface area contributed by atoms with Crippen LogP contribution in [0.15, 0.2) is 65.6 Å². The van der Waals surface area contributed by atoms with Crippen LogP contribution in [0, 0.1) is 0 Å². The molecule has 0 aliphatic rings. The molecule has 0 N–H and O–H groups in total. The first-order valence-corrected chi connectivity index (χ1v) is 6.00. The third-order valence-corrected chi connectivity index (χ3v) is 3.41. The van der Waals surface area contributed by atoms with Gasteiger partial charge in [0.25, 0.3) is 5.12 Å². The van der Waals surface area contributed by atoms with Gasteiger partial charge >= 0.3 is 0 Å². The van der Waals surface area contributed by atoms with Gasteiger partial charge in [-0.3, -0.25) is 4.79 Å². The summed E-state index contributed by atoms with van der Waals surface area (Å²) in [6.07, 6.45) is 0. The molecule has 0 aliphatic heterocycles. The van der Waals surface area contributed by atoms with Crippen molar-refractivity contribution < 1.29 is 9.00 Å². The van der Waals surface area contributed by atoms with Gasteiger partial charge in [0.2, 0.25) is 0 Å². The van der Waals surface area contributed by atoms with E-state index in [-0.39, 0.29) is 5.12 Å². The fraction of sp³-hybridized carbons (Fsp3) is 0. The van der Waals surface area contributed by atoms with Crippen molar-refractivity contribution in [1.82, 2.24) is 0 Å². The molecule has 0 fully saturated rings. The quantitative estimate of drug-likeness (QED) is 0.794. The van der Waals surface area contributed by atoms with Gasteiger partial charge in [-0.15, -0.1) is 0 Å². The molecule has 0 aliphatic carbocycles. The summed E-state index contributed by atoms with van der Waals surface area (Å²) in [5, 5.41) is -0.355. The fourth-order valence-corrected chi connectivity index (χ4v) is 2.30. The normalized spacial score (nSPS) is 12.0. The summed E-state index contributed by atoms with van der Waals surface area (Å²) in [6, 6.07) is 17.4. The molecule has 0 amide bonds. The Hall–Kier alpha value is -1.74. The van der Waals surface area contributed by atoms with E-state index in [0.717, 1.165) is 0 Å². The van der Waals surface area contributed by atoms with E-state index >= 15 is 0 Å². The summed E-state index contributed by atoms with van der Waals surface area (Å²) < 4.78 is 11.9. The van der Waals surface area contributed by atoms with Gasteiger partial charge in [0.15, 0.2) is 0 Å². The van der Waals surface area contributed by atoms with Crippen LogP contribution >= 0.6 is 0 Å². The highest BCUT2D eigenvalue weighted by Gasteiger charge is 2.15. The van der Waals surface area contributed by atoms with E-state index < -0.39 is 10.8 Å². The average Bonchev–Trinajstić information content (AvgIpc) is 2.39. The summed E-state index contributed by atoms with van der Waals surface area (Å²) in [5.74, 6) is 0. The summed E-state index contributed by atoms with van der Waals surface area (Å²) in [5.41, 5.74) is 0.477. The monoisotopic (exact) mass is 230 g/mol. The fourth-order valence-electron chi connectivity index (χ4n) is 1.33. The van der Waals surface area contributed by atoms with Gasteiger partial charge in [-0.1, -0.05) is 48.5 Å². The second kappa shape index (κ2) is 4.86. The molecule has 80 valence electrons. The van der Waals surface area contributed by atoms with Gasteiger partial charge in [-0.05, 0) is 12.1 Å². The Morgan fingerprint density at radius 3 is 1.88 bits per heavy atom. The molecule has 0 bridgehead atoms. The molecule has 0 saturated heterocycles. The molecule has 1 atom stereocenters. The average molecular weight is 230 g/mol. The molecule has 2 nitrogen and oxygen atoms in total. The lowest BCUT2D eigenvalue weighted by Gasteiger charge is -2.00. The first kappa shape index (κ1) is 10.8. The molecule has 2 aromatic rings. The van der Waals surface area contributed by atoms with Crippen molar-refractivity contribution in [3.05, 3.63) is 66.2 Å². The summed E-state index contributed by atoms with van der Waals surface area (Å²) in [4.78, 5) is 12.4. The van der Waals surface area contributed by atoms with Crippen molar-refractivity contribution in [3.8, 4) is 0 Å². The van der Waals surface area contributed by atoms with Crippen molar-refractivity contribution in [2.75, 3.05) is 0 Å². The van der Waals surface area contributed by atoms with E-state index in [2.05, 4.69) is 0 Å². The highest BCUT2D eigenvalue weighted by molar-refractivity contribution is 8.00. The Labute approximate surface area is 96.4 Å². The van der Waals surface area contributed by atoms with Crippen molar-refractivity contribution in [2.24, 2.45) is 0 Å². The van der Waals surface area contributed by atoms with Gasteiger partial charge in [-0.2, -0.15) is 0 Å². The van der Waals surface area contributed by atoms with Crippen LogP contribution in [0.25, 0.3) is 0 Å². The highest BCUT2D eigenvalue weighted by Crippen LogP contribution is 2.11. The standard InChI is InChI=1S/C13H10O2S/c14-13(11-7-3-1-4-8-11)16(15)12-9-5-2-6-10-12/h1-10H. The second-order valence-corrected chi connectivity index (χ2v) is 4.61. The van der Waals surface area contributed by atoms with Gasteiger partial charge < -0.3 is 0 Å². The molecule has 0 spiro atoms. The number of hydrogen-bond donors (Lipinski definition) is 0. The number of rotatable bonds is 2. The third-order valence-electron chi connectivity index (χ3n) is 2.14. The predicted octanol–water partition coefficient (Wildman–Crippen LogP) is 2.63. The van der Waals surface area contributed by atoms with Crippen LogP contribution in [0.1, 0.15) is 10.4 Å². The SMILES string of the molecule is O=C(c1ccccc1)S(=O)c1ccccc1. The zero-order chi connectivity index (χ0) is 11.4. The van der Waals surface area contributed by atoms with Crippen LogP contribution < -0.4 is 0 Å². The molecular formula is C13H10O2S. The zero-order valence-electron chi connectivity index (χ0n) is 8.50. The third kappa shape index (κ3) is 2.25. The van der Waals surface area contributed by atoms with E-state index in [4.69, 9.17) is 0 Å². The van der Waals surface area contributed by atoms with Gasteiger partial charge in [-0.25, -0.2) is 4.21 Å². The van der Waals surface area contributed by atoms with Crippen LogP contribution in [0.2, 0.25) is 0 Å². The predicted molar refractivity (Wildman–Crippen MR) is 63.6 cm³/mol. The molecule has 0 heterocycles. The van der Waals surface area contributed by atoms with Crippen molar-refractivity contribution in [1.29, 1.82) is 0 Å². The molecule has 0 aromatic heterocycles. The second-order valence-electron chi connectivity index (χ2n) is 3.24. The minimum Gasteiger partial charge on any atom is -0.278 e. The lowest BCUT2D eigenvalue weighted by atomic mass is 10.2. The number of carbonyl (C=O) groups excluding carboxylic acids is 1. The Morgan fingerprint density at radius 2 is 1.31 bits per heavy atom. The van der Waals surface area contributed by atoms with Crippen LogP contribution in [-0.2, 0) is 10.8 Å². The smallest absolute Gasteiger partial charge is 0.253 e. The molecule has 2 rings (SSSR count). The van der Waals surface area contributed by atoms with E-state index in [9.17, 15) is 9.00 Å². The van der Waals surface area contributed by atoms with Crippen LogP contribution in [0.4, 0.5) is 0 Å². The lowest BCUT2D eigenvalue weighted by molar-refractivity contribution is 0.108. The maximum absolute atomic E-state index is 11.9. The van der Waals surface area contributed by atoms with Crippen molar-refractivity contribution in [2.45, 2.75) is 4.90 Å². The van der Waals surface area contributed by atoms with E-state index in [1.807, 2.05) is 12.1 Å². The Kier molecular flexibility index (Phi) is 3.27. The summed E-state index contributed by atoms with van der Waals surface area (Å²) in [7, 11) is -1.62. The Bertz CT molecular complexity index is 456.